The largest absolute Gasteiger partial charge is 0.372 e. The van der Waals surface area contributed by atoms with Gasteiger partial charge in [0.15, 0.2) is 0 Å². The first-order chi connectivity index (χ1) is 13.9. The number of aromatic nitrogens is 1. The van der Waals surface area contributed by atoms with Crippen LogP contribution < -0.4 is 10.7 Å². The molecule has 29 heavy (non-hydrogen) atoms. The number of pyridine rings is 1. The van der Waals surface area contributed by atoms with Crippen LogP contribution in [0.3, 0.4) is 0 Å². The van der Waals surface area contributed by atoms with E-state index in [9.17, 15) is 14.4 Å². The molecule has 3 rings (SSSR count). The summed E-state index contributed by atoms with van der Waals surface area (Å²) in [6.45, 7) is 7.68. The van der Waals surface area contributed by atoms with Gasteiger partial charge in [-0.25, -0.2) is 0 Å². The van der Waals surface area contributed by atoms with Gasteiger partial charge in [0, 0.05) is 38.6 Å². The van der Waals surface area contributed by atoms with Gasteiger partial charge in [-0.15, -0.1) is 0 Å². The number of hydrogen-bond donors (Lipinski definition) is 1. The molecule has 2 aliphatic rings. The third-order valence-electron chi connectivity index (χ3n) is 5.79. The van der Waals surface area contributed by atoms with Crippen molar-refractivity contribution in [3.8, 4) is 0 Å². The van der Waals surface area contributed by atoms with E-state index in [-0.39, 0.29) is 29.2 Å². The summed E-state index contributed by atoms with van der Waals surface area (Å²) in [5, 5.41) is 2.70. The number of amides is 2. The SMILES string of the molecule is CCNC(=O)c1cn(CC2CCCCC2)cc(C(=O)N2C[C@@H](C)O[C@@H](C)C2)c1=O. The average Bonchev–Trinajstić information content (AvgIpc) is 2.69. The predicted molar refractivity (Wildman–Crippen MR) is 111 cm³/mol. The van der Waals surface area contributed by atoms with Gasteiger partial charge in [0.25, 0.3) is 11.8 Å². The van der Waals surface area contributed by atoms with E-state index >= 15 is 0 Å². The second-order valence-corrected chi connectivity index (χ2v) is 8.44. The zero-order valence-corrected chi connectivity index (χ0v) is 17.8. The van der Waals surface area contributed by atoms with Crippen molar-refractivity contribution < 1.29 is 14.3 Å². The average molecular weight is 404 g/mol. The second kappa shape index (κ2) is 9.57. The van der Waals surface area contributed by atoms with E-state index in [4.69, 9.17) is 4.74 Å². The maximum absolute atomic E-state index is 13.2. The predicted octanol–water partition coefficient (Wildman–Crippen LogP) is 2.43. The Morgan fingerprint density at radius 3 is 2.31 bits per heavy atom. The molecular formula is C22H33N3O4. The van der Waals surface area contributed by atoms with Gasteiger partial charge in [-0.3, -0.25) is 14.4 Å². The van der Waals surface area contributed by atoms with E-state index in [0.29, 0.717) is 25.6 Å². The maximum Gasteiger partial charge on any atom is 0.259 e. The molecule has 0 radical (unpaired) electrons. The monoisotopic (exact) mass is 403 g/mol. The molecule has 160 valence electrons. The minimum absolute atomic E-state index is 0.0443. The van der Waals surface area contributed by atoms with Crippen molar-refractivity contribution in [3.63, 3.8) is 0 Å². The number of morpholine rings is 1. The summed E-state index contributed by atoms with van der Waals surface area (Å²) in [4.78, 5) is 40.4. The minimum atomic E-state index is -0.493. The Labute approximate surface area is 172 Å². The highest BCUT2D eigenvalue weighted by molar-refractivity contribution is 5.99. The summed E-state index contributed by atoms with van der Waals surface area (Å²) in [6, 6.07) is 0. The number of rotatable bonds is 5. The van der Waals surface area contributed by atoms with Crippen LogP contribution >= 0.6 is 0 Å². The van der Waals surface area contributed by atoms with Gasteiger partial charge >= 0.3 is 0 Å². The summed E-state index contributed by atoms with van der Waals surface area (Å²) in [5.41, 5.74) is -0.374. The van der Waals surface area contributed by atoms with Crippen molar-refractivity contribution >= 4 is 11.8 Å². The van der Waals surface area contributed by atoms with E-state index in [1.54, 1.807) is 17.3 Å². The van der Waals surface area contributed by atoms with Gasteiger partial charge in [0.05, 0.1) is 12.2 Å². The number of nitrogens with zero attached hydrogens (tertiary/aromatic N) is 2. The zero-order valence-electron chi connectivity index (χ0n) is 17.8. The molecule has 1 aromatic rings. The van der Waals surface area contributed by atoms with Crippen LogP contribution in [0.1, 0.15) is 73.6 Å². The smallest absolute Gasteiger partial charge is 0.259 e. The highest BCUT2D eigenvalue weighted by atomic mass is 16.5. The second-order valence-electron chi connectivity index (χ2n) is 8.44. The van der Waals surface area contributed by atoms with Crippen LogP contribution in [0.5, 0.6) is 0 Å². The molecule has 2 amide bonds. The fourth-order valence-corrected chi connectivity index (χ4v) is 4.49. The van der Waals surface area contributed by atoms with Crippen LogP contribution in [0.4, 0.5) is 0 Å². The van der Waals surface area contributed by atoms with Crippen LogP contribution in [-0.4, -0.2) is 53.1 Å². The molecule has 1 aromatic heterocycles. The molecular weight excluding hydrogens is 370 g/mol. The first kappa shape index (κ1) is 21.6. The molecule has 0 bridgehead atoms. The Morgan fingerprint density at radius 1 is 1.07 bits per heavy atom. The number of nitrogens with one attached hydrogen (secondary N) is 1. The van der Waals surface area contributed by atoms with Crippen molar-refractivity contribution in [2.75, 3.05) is 19.6 Å². The molecule has 0 spiro atoms. The zero-order chi connectivity index (χ0) is 21.0. The van der Waals surface area contributed by atoms with E-state index in [0.717, 1.165) is 19.4 Å². The summed E-state index contributed by atoms with van der Waals surface area (Å²) in [7, 11) is 0. The summed E-state index contributed by atoms with van der Waals surface area (Å²) < 4.78 is 7.59. The van der Waals surface area contributed by atoms with Crippen LogP contribution in [0.15, 0.2) is 17.2 Å². The van der Waals surface area contributed by atoms with Crippen LogP contribution in [0.25, 0.3) is 0 Å². The maximum atomic E-state index is 13.2. The van der Waals surface area contributed by atoms with Gasteiger partial charge < -0.3 is 19.5 Å². The Morgan fingerprint density at radius 2 is 1.69 bits per heavy atom. The third kappa shape index (κ3) is 5.26. The van der Waals surface area contributed by atoms with Crippen LogP contribution in [-0.2, 0) is 11.3 Å². The molecule has 7 heteroatoms. The van der Waals surface area contributed by atoms with Crippen molar-refractivity contribution in [3.05, 3.63) is 33.7 Å². The highest BCUT2D eigenvalue weighted by Gasteiger charge is 2.29. The normalized spacial score (nSPS) is 23.1. The van der Waals surface area contributed by atoms with Gasteiger partial charge in [0.2, 0.25) is 5.43 Å². The van der Waals surface area contributed by atoms with E-state index in [1.165, 1.54) is 19.3 Å². The van der Waals surface area contributed by atoms with Gasteiger partial charge in [0.1, 0.15) is 11.1 Å². The third-order valence-corrected chi connectivity index (χ3v) is 5.79. The lowest BCUT2D eigenvalue weighted by molar-refractivity contribution is -0.0586. The number of ether oxygens (including phenoxy) is 1. The molecule has 7 nitrogen and oxygen atoms in total. The molecule has 1 N–H and O–H groups in total. The molecule has 0 unspecified atom stereocenters. The first-order valence-corrected chi connectivity index (χ1v) is 10.9. The van der Waals surface area contributed by atoms with Crippen molar-refractivity contribution in [1.82, 2.24) is 14.8 Å². The van der Waals surface area contributed by atoms with Crippen molar-refractivity contribution in [1.29, 1.82) is 0 Å². The Kier molecular flexibility index (Phi) is 7.11. The van der Waals surface area contributed by atoms with Gasteiger partial charge in [-0.05, 0) is 39.5 Å². The highest BCUT2D eigenvalue weighted by Crippen LogP contribution is 2.25. The van der Waals surface area contributed by atoms with Crippen molar-refractivity contribution in [2.24, 2.45) is 5.92 Å². The Balaban J connectivity index is 1.94. The van der Waals surface area contributed by atoms with Crippen LogP contribution in [0.2, 0.25) is 0 Å². The molecule has 1 saturated heterocycles. The first-order valence-electron chi connectivity index (χ1n) is 10.9. The van der Waals surface area contributed by atoms with E-state index < -0.39 is 11.3 Å². The quantitative estimate of drug-likeness (QED) is 0.819. The lowest BCUT2D eigenvalue weighted by Gasteiger charge is -2.35. The lowest BCUT2D eigenvalue weighted by Crippen LogP contribution is -2.49. The number of carbonyl (C=O) groups excluding carboxylic acids is 2. The van der Waals surface area contributed by atoms with E-state index in [2.05, 4.69) is 5.32 Å². The standard InChI is InChI=1S/C22H33N3O4/c1-4-23-21(27)18-13-24(12-17-8-6-5-7-9-17)14-19(20(18)26)22(28)25-10-15(2)29-16(3)11-25/h13-17H,4-12H2,1-3H3,(H,23,27)/t15-,16+. The number of carbonyl (C=O) groups is 2. The minimum Gasteiger partial charge on any atom is -0.372 e. The van der Waals surface area contributed by atoms with Crippen molar-refractivity contribution in [2.45, 2.75) is 71.6 Å². The number of hydrogen-bond acceptors (Lipinski definition) is 4. The lowest BCUT2D eigenvalue weighted by atomic mass is 9.89. The summed E-state index contributed by atoms with van der Waals surface area (Å²) in [5.74, 6) is -0.228. The summed E-state index contributed by atoms with van der Waals surface area (Å²) >= 11 is 0. The van der Waals surface area contributed by atoms with E-state index in [1.807, 2.05) is 25.3 Å². The fraction of sp³-hybridized carbons (Fsp3) is 0.682. The van der Waals surface area contributed by atoms with Crippen LogP contribution in [0, 0.1) is 5.92 Å². The Bertz CT molecular complexity index is 788. The molecule has 2 heterocycles. The molecule has 1 aliphatic heterocycles. The molecule has 0 aromatic carbocycles. The fourth-order valence-electron chi connectivity index (χ4n) is 4.49. The van der Waals surface area contributed by atoms with Gasteiger partial charge in [-0.2, -0.15) is 0 Å². The van der Waals surface area contributed by atoms with Gasteiger partial charge in [-0.1, -0.05) is 19.3 Å². The molecule has 2 atom stereocenters. The molecule has 1 aliphatic carbocycles. The summed E-state index contributed by atoms with van der Waals surface area (Å²) in [6.07, 6.45) is 9.07. The molecule has 2 fully saturated rings. The molecule has 1 saturated carbocycles. The topological polar surface area (TPSA) is 80.6 Å². The Hall–Kier alpha value is -2.15.